The number of carbonyl (C=O) groups is 2. The Morgan fingerprint density at radius 3 is 2.42 bits per heavy atom. The topological polar surface area (TPSA) is 88.9 Å². The number of benzene rings is 1. The third-order valence-electron chi connectivity index (χ3n) is 3.12. The second-order valence-electron chi connectivity index (χ2n) is 5.58. The maximum Gasteiger partial charge on any atom is 0.321 e. The van der Waals surface area contributed by atoms with Gasteiger partial charge in [-0.1, -0.05) is 30.0 Å². The molecule has 0 bridgehead atoms. The van der Waals surface area contributed by atoms with E-state index in [2.05, 4.69) is 20.8 Å². The van der Waals surface area contributed by atoms with Crippen molar-refractivity contribution in [3.05, 3.63) is 36.2 Å². The fourth-order valence-corrected chi connectivity index (χ4v) is 2.93. The number of carbonyl (C=O) groups excluding carboxylic acids is 2. The first kappa shape index (κ1) is 18.0. The number of imide groups is 1. The van der Waals surface area contributed by atoms with Gasteiger partial charge in [-0.3, -0.25) is 14.7 Å². The Bertz CT molecular complexity index is 715. The van der Waals surface area contributed by atoms with E-state index >= 15 is 0 Å². The second kappa shape index (κ2) is 7.96. The summed E-state index contributed by atoms with van der Waals surface area (Å²) in [4.78, 5) is 23.8. The van der Waals surface area contributed by atoms with Crippen molar-refractivity contribution >= 4 is 23.7 Å². The van der Waals surface area contributed by atoms with Gasteiger partial charge >= 0.3 is 6.03 Å². The first-order chi connectivity index (χ1) is 11.4. The van der Waals surface area contributed by atoms with Gasteiger partial charge in [0.15, 0.2) is 5.16 Å². The number of hydrogen-bond acceptors (Lipinski definition) is 5. The minimum Gasteiger partial charge on any atom is -0.336 e. The first-order valence-electron chi connectivity index (χ1n) is 7.64. The van der Waals surface area contributed by atoms with Crippen LogP contribution in [0.2, 0.25) is 0 Å². The second-order valence-corrected chi connectivity index (χ2v) is 6.89. The molecule has 0 aliphatic heterocycles. The molecule has 8 heteroatoms. The molecule has 24 heavy (non-hydrogen) atoms. The summed E-state index contributed by atoms with van der Waals surface area (Å²) in [5, 5.41) is 13.3. The number of aryl methyl sites for hydroxylation is 1. The van der Waals surface area contributed by atoms with Crippen molar-refractivity contribution in [3.63, 3.8) is 0 Å². The summed E-state index contributed by atoms with van der Waals surface area (Å²) < 4.78 is 1.88. The van der Waals surface area contributed by atoms with Crippen LogP contribution in [0, 0.1) is 6.92 Å². The van der Waals surface area contributed by atoms with Gasteiger partial charge in [0.25, 0.3) is 0 Å². The fourth-order valence-electron chi connectivity index (χ4n) is 2.02. The average molecular weight is 347 g/mol. The van der Waals surface area contributed by atoms with E-state index < -0.39 is 11.3 Å². The average Bonchev–Trinajstić information content (AvgIpc) is 2.87. The first-order valence-corrected chi connectivity index (χ1v) is 8.52. The van der Waals surface area contributed by atoms with E-state index in [4.69, 9.17) is 0 Å². The molecule has 1 aromatic heterocycles. The van der Waals surface area contributed by atoms with Crippen molar-refractivity contribution in [1.29, 1.82) is 0 Å². The summed E-state index contributed by atoms with van der Waals surface area (Å²) in [6.07, 6.45) is 0. The molecule has 2 rings (SSSR count). The third kappa shape index (κ3) is 4.58. The van der Waals surface area contributed by atoms with Gasteiger partial charge < -0.3 is 5.32 Å². The molecule has 0 aliphatic rings. The maximum atomic E-state index is 12.1. The molecule has 128 valence electrons. The molecule has 0 saturated heterocycles. The van der Waals surface area contributed by atoms with Crippen molar-refractivity contribution in [3.8, 4) is 5.69 Å². The third-order valence-corrected chi connectivity index (χ3v) is 4.16. The molecule has 0 unspecified atom stereocenters. The van der Waals surface area contributed by atoms with E-state index in [1.165, 1.54) is 11.8 Å². The number of nitrogens with zero attached hydrogens (tertiary/aromatic N) is 3. The number of para-hydroxylation sites is 1. The summed E-state index contributed by atoms with van der Waals surface area (Å²) in [6, 6.07) is 9.14. The molecule has 0 saturated carbocycles. The molecule has 2 N–H and O–H groups in total. The number of urea groups is 1. The van der Waals surface area contributed by atoms with Crippen LogP contribution >= 0.6 is 11.8 Å². The number of rotatable bonds is 5. The molecule has 0 fully saturated rings. The van der Waals surface area contributed by atoms with Crippen molar-refractivity contribution in [2.75, 3.05) is 0 Å². The molecule has 3 amide bonds. The molecule has 1 heterocycles. The Morgan fingerprint density at radius 1 is 1.12 bits per heavy atom. The zero-order valence-electron chi connectivity index (χ0n) is 14.1. The largest absolute Gasteiger partial charge is 0.336 e. The van der Waals surface area contributed by atoms with Crippen LogP contribution in [0.15, 0.2) is 35.5 Å². The molecule has 1 aromatic carbocycles. The van der Waals surface area contributed by atoms with Crippen LogP contribution in [0.25, 0.3) is 5.69 Å². The Kier molecular flexibility index (Phi) is 5.97. The number of thioether (sulfide) groups is 1. The van der Waals surface area contributed by atoms with Crippen LogP contribution in [0.1, 0.15) is 26.6 Å². The van der Waals surface area contributed by atoms with Crippen molar-refractivity contribution in [2.45, 2.75) is 44.1 Å². The molecular formula is C16H21N5O2S. The standard InChI is InChI=1S/C16H21N5O2S/c1-10(2)17-15(23)18-14(22)11(3)24-16-20-19-12(4)21(16)13-8-6-5-7-9-13/h5-11H,1-4H3,(H2,17,18,22,23)/t11-/m1/s1. The smallest absolute Gasteiger partial charge is 0.321 e. The molecular weight excluding hydrogens is 326 g/mol. The summed E-state index contributed by atoms with van der Waals surface area (Å²) in [5.74, 6) is 0.354. The highest BCUT2D eigenvalue weighted by Crippen LogP contribution is 2.25. The minimum absolute atomic E-state index is 0.0374. The predicted octanol–water partition coefficient (Wildman–Crippen LogP) is 2.29. The van der Waals surface area contributed by atoms with E-state index in [0.717, 1.165) is 11.5 Å². The highest BCUT2D eigenvalue weighted by molar-refractivity contribution is 8.00. The van der Waals surface area contributed by atoms with E-state index in [0.29, 0.717) is 5.16 Å². The lowest BCUT2D eigenvalue weighted by molar-refractivity contribution is -0.119. The van der Waals surface area contributed by atoms with Crippen LogP contribution in [0.5, 0.6) is 0 Å². The highest BCUT2D eigenvalue weighted by atomic mass is 32.2. The van der Waals surface area contributed by atoms with Crippen molar-refractivity contribution in [1.82, 2.24) is 25.4 Å². The molecule has 2 aromatic rings. The van der Waals surface area contributed by atoms with Crippen LogP contribution < -0.4 is 10.6 Å². The Labute approximate surface area is 145 Å². The zero-order valence-corrected chi connectivity index (χ0v) is 14.9. The lowest BCUT2D eigenvalue weighted by Crippen LogP contribution is -2.45. The van der Waals surface area contributed by atoms with Gasteiger partial charge in [0, 0.05) is 11.7 Å². The fraction of sp³-hybridized carbons (Fsp3) is 0.375. The maximum absolute atomic E-state index is 12.1. The molecule has 0 radical (unpaired) electrons. The van der Waals surface area contributed by atoms with Gasteiger partial charge in [-0.25, -0.2) is 4.79 Å². The summed E-state index contributed by atoms with van der Waals surface area (Å²) in [6.45, 7) is 7.23. The molecule has 1 atom stereocenters. The summed E-state index contributed by atoms with van der Waals surface area (Å²) in [7, 11) is 0. The molecule has 0 aliphatic carbocycles. The van der Waals surface area contributed by atoms with Crippen LogP contribution in [0.4, 0.5) is 4.79 Å². The quantitative estimate of drug-likeness (QED) is 0.810. The van der Waals surface area contributed by atoms with E-state index in [1.807, 2.05) is 55.7 Å². The molecule has 0 spiro atoms. The van der Waals surface area contributed by atoms with Gasteiger partial charge in [0.05, 0.1) is 5.25 Å². The highest BCUT2D eigenvalue weighted by Gasteiger charge is 2.21. The lowest BCUT2D eigenvalue weighted by atomic mass is 10.3. The van der Waals surface area contributed by atoms with Crippen molar-refractivity contribution < 1.29 is 9.59 Å². The lowest BCUT2D eigenvalue weighted by Gasteiger charge is -2.14. The minimum atomic E-state index is -0.497. The number of amides is 3. The van der Waals surface area contributed by atoms with E-state index in [9.17, 15) is 9.59 Å². The SMILES string of the molecule is Cc1nnc(S[C@H](C)C(=O)NC(=O)NC(C)C)n1-c1ccccc1. The van der Waals surface area contributed by atoms with Gasteiger partial charge in [-0.15, -0.1) is 10.2 Å². The van der Waals surface area contributed by atoms with Gasteiger partial charge in [-0.05, 0) is 39.8 Å². The number of hydrogen-bond donors (Lipinski definition) is 2. The number of aromatic nitrogens is 3. The van der Waals surface area contributed by atoms with Crippen LogP contribution in [-0.2, 0) is 4.79 Å². The van der Waals surface area contributed by atoms with E-state index in [1.54, 1.807) is 6.92 Å². The number of nitrogens with one attached hydrogen (secondary N) is 2. The monoisotopic (exact) mass is 347 g/mol. The summed E-state index contributed by atoms with van der Waals surface area (Å²) >= 11 is 1.25. The van der Waals surface area contributed by atoms with Gasteiger partial charge in [0.1, 0.15) is 5.82 Å². The predicted molar refractivity (Wildman–Crippen MR) is 93.2 cm³/mol. The normalized spacial score (nSPS) is 12.0. The Hall–Kier alpha value is -2.35. The Balaban J connectivity index is 2.09. The van der Waals surface area contributed by atoms with Crippen LogP contribution in [0.3, 0.4) is 0 Å². The van der Waals surface area contributed by atoms with E-state index in [-0.39, 0.29) is 11.9 Å². The Morgan fingerprint density at radius 2 is 1.79 bits per heavy atom. The van der Waals surface area contributed by atoms with Crippen LogP contribution in [-0.4, -0.2) is 38.0 Å². The molecule has 7 nitrogen and oxygen atoms in total. The summed E-state index contributed by atoms with van der Waals surface area (Å²) in [5.41, 5.74) is 0.924. The van der Waals surface area contributed by atoms with Gasteiger partial charge in [-0.2, -0.15) is 0 Å². The van der Waals surface area contributed by atoms with Crippen molar-refractivity contribution in [2.24, 2.45) is 0 Å². The van der Waals surface area contributed by atoms with Gasteiger partial charge in [0.2, 0.25) is 5.91 Å². The zero-order chi connectivity index (χ0) is 17.7.